The predicted molar refractivity (Wildman–Crippen MR) is 117 cm³/mol. The largest absolute Gasteiger partial charge is 0.481 e. The molecule has 28 heavy (non-hydrogen) atoms. The molecule has 0 rings (SSSR count). The lowest BCUT2D eigenvalue weighted by molar-refractivity contribution is -0.150. The summed E-state index contributed by atoms with van der Waals surface area (Å²) in [4.78, 5) is 22.6. The summed E-state index contributed by atoms with van der Waals surface area (Å²) in [6.07, 6.45) is 19.9. The number of aliphatic carboxylic acids is 1. The average molecular weight is 399 g/mol. The molecular weight excluding hydrogens is 352 g/mol. The normalized spacial score (nSPS) is 12.1. The molecule has 0 fully saturated rings. The number of carboxylic acids is 1. The van der Waals surface area contributed by atoms with Gasteiger partial charge in [0.1, 0.15) is 6.10 Å². The number of esters is 1. The summed E-state index contributed by atoms with van der Waals surface area (Å²) in [6.45, 7) is 4.39. The van der Waals surface area contributed by atoms with Crippen LogP contribution in [0.2, 0.25) is 0 Å². The Morgan fingerprint density at radius 2 is 1.07 bits per heavy atom. The van der Waals surface area contributed by atoms with Crippen LogP contribution in [0.25, 0.3) is 0 Å². The van der Waals surface area contributed by atoms with Gasteiger partial charge in [0.2, 0.25) is 0 Å². The van der Waals surface area contributed by atoms with E-state index in [0.717, 1.165) is 70.6 Å². The third-order valence-electron chi connectivity index (χ3n) is 5.33. The van der Waals surface area contributed by atoms with Crippen LogP contribution in [0.3, 0.4) is 0 Å². The lowest BCUT2D eigenvalue weighted by Crippen LogP contribution is -2.18. The van der Waals surface area contributed by atoms with E-state index in [4.69, 9.17) is 9.84 Å². The zero-order valence-corrected chi connectivity index (χ0v) is 18.7. The molecule has 1 N–H and O–H groups in total. The number of hydrogen-bond acceptors (Lipinski definition) is 3. The van der Waals surface area contributed by atoms with Crippen LogP contribution in [0.4, 0.5) is 0 Å². The molecule has 0 amide bonds. The molecule has 0 bridgehead atoms. The fraction of sp³-hybridized carbons (Fsp3) is 0.917. The Kier molecular flexibility index (Phi) is 19.9. The van der Waals surface area contributed by atoms with Crippen molar-refractivity contribution in [1.29, 1.82) is 0 Å². The van der Waals surface area contributed by atoms with Crippen molar-refractivity contribution in [3.05, 3.63) is 0 Å². The fourth-order valence-corrected chi connectivity index (χ4v) is 3.53. The molecule has 0 aromatic heterocycles. The van der Waals surface area contributed by atoms with Crippen LogP contribution >= 0.6 is 0 Å². The van der Waals surface area contributed by atoms with Gasteiger partial charge in [0, 0.05) is 12.8 Å². The second-order valence-corrected chi connectivity index (χ2v) is 8.18. The maximum atomic E-state index is 12.1. The van der Waals surface area contributed by atoms with Gasteiger partial charge >= 0.3 is 11.9 Å². The quantitative estimate of drug-likeness (QED) is 0.161. The van der Waals surface area contributed by atoms with E-state index in [1.807, 2.05) is 0 Å². The summed E-state index contributed by atoms with van der Waals surface area (Å²) < 4.78 is 5.78. The van der Waals surface area contributed by atoms with Crippen molar-refractivity contribution >= 4 is 11.9 Å². The summed E-state index contributed by atoms with van der Waals surface area (Å²) in [6, 6.07) is 0. The van der Waals surface area contributed by atoms with Crippen LogP contribution in [0, 0.1) is 0 Å². The van der Waals surface area contributed by atoms with Crippen molar-refractivity contribution in [2.45, 2.75) is 142 Å². The van der Waals surface area contributed by atoms with Gasteiger partial charge in [-0.2, -0.15) is 0 Å². The second kappa shape index (κ2) is 20.7. The maximum absolute atomic E-state index is 12.1. The highest BCUT2D eigenvalue weighted by atomic mass is 16.5. The monoisotopic (exact) mass is 398 g/mol. The van der Waals surface area contributed by atoms with E-state index in [1.165, 1.54) is 38.5 Å². The van der Waals surface area contributed by atoms with Gasteiger partial charge in [0.05, 0.1) is 0 Å². The number of hydrogen-bond donors (Lipinski definition) is 1. The van der Waals surface area contributed by atoms with Crippen molar-refractivity contribution in [2.75, 3.05) is 0 Å². The first-order valence-corrected chi connectivity index (χ1v) is 12.0. The van der Waals surface area contributed by atoms with Crippen molar-refractivity contribution in [3.8, 4) is 0 Å². The summed E-state index contributed by atoms with van der Waals surface area (Å²) in [5, 5.41) is 8.66. The molecule has 0 aromatic carbocycles. The topological polar surface area (TPSA) is 63.6 Å². The third kappa shape index (κ3) is 19.7. The number of unbranched alkanes of at least 4 members (excludes halogenated alkanes) is 12. The second-order valence-electron chi connectivity index (χ2n) is 8.18. The minimum Gasteiger partial charge on any atom is -0.481 e. The molecule has 0 radical (unpaired) electrons. The standard InChI is InChI=1S/C24H46O4/c1-3-5-7-8-9-11-15-18-22(28-24(27)21-14-6-4-2)19-16-12-10-13-17-20-23(25)26/h22H,3-21H2,1-2H3,(H,25,26). The average Bonchev–Trinajstić information content (AvgIpc) is 2.66. The van der Waals surface area contributed by atoms with Crippen LogP contribution in [0.5, 0.6) is 0 Å². The first-order valence-electron chi connectivity index (χ1n) is 12.0. The van der Waals surface area contributed by atoms with Gasteiger partial charge in [0.25, 0.3) is 0 Å². The van der Waals surface area contributed by atoms with Crippen LogP contribution < -0.4 is 0 Å². The third-order valence-corrected chi connectivity index (χ3v) is 5.33. The summed E-state index contributed by atoms with van der Waals surface area (Å²) in [5.41, 5.74) is 0. The van der Waals surface area contributed by atoms with Gasteiger partial charge in [-0.25, -0.2) is 0 Å². The zero-order chi connectivity index (χ0) is 20.9. The minimum absolute atomic E-state index is 0.0251. The van der Waals surface area contributed by atoms with Crippen LogP contribution in [-0.2, 0) is 14.3 Å². The van der Waals surface area contributed by atoms with E-state index in [2.05, 4.69) is 13.8 Å². The Hall–Kier alpha value is -1.06. The van der Waals surface area contributed by atoms with Gasteiger partial charge in [-0.05, 0) is 38.5 Å². The van der Waals surface area contributed by atoms with Crippen LogP contribution in [0.15, 0.2) is 0 Å². The smallest absolute Gasteiger partial charge is 0.306 e. The molecule has 0 aromatic rings. The molecule has 166 valence electrons. The Morgan fingerprint density at radius 1 is 0.643 bits per heavy atom. The number of rotatable bonds is 21. The lowest BCUT2D eigenvalue weighted by Gasteiger charge is -2.18. The number of carbonyl (C=O) groups is 2. The highest BCUT2D eigenvalue weighted by molar-refractivity contribution is 5.69. The van der Waals surface area contributed by atoms with E-state index in [-0.39, 0.29) is 18.5 Å². The minimum atomic E-state index is -0.704. The van der Waals surface area contributed by atoms with Gasteiger partial charge in [-0.3, -0.25) is 9.59 Å². The number of ether oxygens (including phenoxy) is 1. The molecule has 0 saturated heterocycles. The van der Waals surface area contributed by atoms with Gasteiger partial charge in [0.15, 0.2) is 0 Å². The first kappa shape index (κ1) is 26.9. The van der Waals surface area contributed by atoms with Crippen LogP contribution in [-0.4, -0.2) is 23.1 Å². The molecule has 4 heteroatoms. The van der Waals surface area contributed by atoms with Crippen molar-refractivity contribution < 1.29 is 19.4 Å². The zero-order valence-electron chi connectivity index (χ0n) is 18.7. The molecule has 1 unspecified atom stereocenters. The molecule has 1 atom stereocenters. The van der Waals surface area contributed by atoms with E-state index in [0.29, 0.717) is 6.42 Å². The highest BCUT2D eigenvalue weighted by Gasteiger charge is 2.14. The molecule has 4 nitrogen and oxygen atoms in total. The summed E-state index contributed by atoms with van der Waals surface area (Å²) >= 11 is 0. The molecule has 0 aliphatic rings. The van der Waals surface area contributed by atoms with E-state index < -0.39 is 5.97 Å². The Labute approximate surface area is 173 Å². The molecule has 0 aliphatic heterocycles. The molecule has 0 aliphatic carbocycles. The molecule has 0 heterocycles. The van der Waals surface area contributed by atoms with Crippen molar-refractivity contribution in [1.82, 2.24) is 0 Å². The fourth-order valence-electron chi connectivity index (χ4n) is 3.53. The number of carbonyl (C=O) groups excluding carboxylic acids is 1. The molecule has 0 saturated carbocycles. The highest BCUT2D eigenvalue weighted by Crippen LogP contribution is 2.18. The summed E-state index contributed by atoms with van der Waals surface area (Å²) in [7, 11) is 0. The molecule has 0 spiro atoms. The van der Waals surface area contributed by atoms with Crippen LogP contribution in [0.1, 0.15) is 136 Å². The first-order chi connectivity index (χ1) is 13.6. The SMILES string of the molecule is CCCCCCCCCC(CCCCCCCC(=O)O)OC(=O)CCCCC. The lowest BCUT2D eigenvalue weighted by atomic mass is 10.0. The maximum Gasteiger partial charge on any atom is 0.306 e. The van der Waals surface area contributed by atoms with E-state index in [1.54, 1.807) is 0 Å². The van der Waals surface area contributed by atoms with Gasteiger partial charge < -0.3 is 9.84 Å². The number of carboxylic acid groups (broad SMARTS) is 1. The summed E-state index contributed by atoms with van der Waals surface area (Å²) in [5.74, 6) is -0.729. The van der Waals surface area contributed by atoms with Gasteiger partial charge in [-0.1, -0.05) is 84.5 Å². The van der Waals surface area contributed by atoms with Crippen molar-refractivity contribution in [2.24, 2.45) is 0 Å². The van der Waals surface area contributed by atoms with E-state index >= 15 is 0 Å². The molecular formula is C24H46O4. The Bertz CT molecular complexity index is 368. The Balaban J connectivity index is 4.00. The Morgan fingerprint density at radius 3 is 1.61 bits per heavy atom. The predicted octanol–water partition coefficient (Wildman–Crippen LogP) is 7.43. The van der Waals surface area contributed by atoms with Gasteiger partial charge in [-0.15, -0.1) is 0 Å². The van der Waals surface area contributed by atoms with Crippen molar-refractivity contribution in [3.63, 3.8) is 0 Å². The van der Waals surface area contributed by atoms with E-state index in [9.17, 15) is 9.59 Å².